The van der Waals surface area contributed by atoms with Gasteiger partial charge in [0, 0.05) is 32.4 Å². The molecule has 0 bridgehead atoms. The van der Waals surface area contributed by atoms with Gasteiger partial charge in [0.2, 0.25) is 0 Å². The Hall–Kier alpha value is -2.97. The third-order valence-electron chi connectivity index (χ3n) is 5.28. The van der Waals surface area contributed by atoms with Crippen molar-refractivity contribution in [2.45, 2.75) is 31.7 Å². The Morgan fingerprint density at radius 3 is 2.56 bits per heavy atom. The Morgan fingerprint density at radius 1 is 1.11 bits per heavy atom. The van der Waals surface area contributed by atoms with Crippen LogP contribution in [0.15, 0.2) is 24.5 Å². The second-order valence-corrected chi connectivity index (χ2v) is 6.98. The fourth-order valence-electron chi connectivity index (χ4n) is 3.79. The number of carbonyl (C=O) groups is 2. The van der Waals surface area contributed by atoms with Crippen LogP contribution in [0.4, 0.5) is 5.82 Å². The first kappa shape index (κ1) is 17.4. The molecule has 0 aromatic carbocycles. The van der Waals surface area contributed by atoms with Crippen LogP contribution in [-0.4, -0.2) is 68.0 Å². The average molecular weight is 370 g/mol. The van der Waals surface area contributed by atoms with Crippen LogP contribution in [0.5, 0.6) is 0 Å². The van der Waals surface area contributed by atoms with E-state index in [-0.39, 0.29) is 17.5 Å². The van der Waals surface area contributed by atoms with Gasteiger partial charge in [-0.3, -0.25) is 4.79 Å². The second kappa shape index (κ2) is 7.34. The largest absolute Gasteiger partial charge is 0.478 e. The van der Waals surface area contributed by atoms with Gasteiger partial charge in [-0.05, 0) is 37.8 Å². The minimum Gasteiger partial charge on any atom is -0.478 e. The summed E-state index contributed by atoms with van der Waals surface area (Å²) in [5.41, 5.74) is 0.618. The number of amides is 1. The first-order valence-electron chi connectivity index (χ1n) is 9.28. The first-order chi connectivity index (χ1) is 13.1. The number of pyridine rings is 1. The maximum absolute atomic E-state index is 12.4. The minimum absolute atomic E-state index is 0.0456. The predicted octanol–water partition coefficient (Wildman–Crippen LogP) is 1.45. The molecule has 0 atom stereocenters. The zero-order valence-corrected chi connectivity index (χ0v) is 15.0. The number of likely N-dealkylation sites (tertiary alicyclic amines) is 1. The fraction of sp³-hybridized carbons (Fsp3) is 0.500. The molecule has 0 spiro atoms. The Kier molecular flexibility index (Phi) is 4.74. The number of rotatable bonds is 4. The summed E-state index contributed by atoms with van der Waals surface area (Å²) in [6.45, 7) is 2.94. The molecular formula is C18H22N6O3. The highest BCUT2D eigenvalue weighted by atomic mass is 16.4. The van der Waals surface area contributed by atoms with Gasteiger partial charge in [-0.15, -0.1) is 5.10 Å². The third kappa shape index (κ3) is 3.49. The van der Waals surface area contributed by atoms with Crippen molar-refractivity contribution in [3.05, 3.63) is 35.8 Å². The number of piperidine rings is 1. The molecular weight excluding hydrogens is 348 g/mol. The summed E-state index contributed by atoms with van der Waals surface area (Å²) >= 11 is 0. The molecule has 2 fully saturated rings. The van der Waals surface area contributed by atoms with Crippen molar-refractivity contribution in [1.82, 2.24) is 24.9 Å². The summed E-state index contributed by atoms with van der Waals surface area (Å²) in [6.07, 6.45) is 7.02. The average Bonchev–Trinajstić information content (AvgIpc) is 3.40. The predicted molar refractivity (Wildman–Crippen MR) is 96.8 cm³/mol. The van der Waals surface area contributed by atoms with Crippen molar-refractivity contribution >= 4 is 17.7 Å². The van der Waals surface area contributed by atoms with Crippen molar-refractivity contribution in [3.63, 3.8) is 0 Å². The maximum atomic E-state index is 12.4. The standard InChI is InChI=1S/C18H22N6O3/c25-17(23-8-1-2-9-23)15-12-24(21-20-15)13-5-10-22(11-6-13)16-14(18(26)27)4-3-7-19-16/h3-4,7,12-13H,1-2,5-6,8-11H2,(H,26,27). The van der Waals surface area contributed by atoms with Gasteiger partial charge in [-0.1, -0.05) is 5.21 Å². The number of hydrogen-bond donors (Lipinski definition) is 1. The van der Waals surface area contributed by atoms with Crippen LogP contribution in [0.2, 0.25) is 0 Å². The highest BCUT2D eigenvalue weighted by Crippen LogP contribution is 2.27. The Bertz CT molecular complexity index is 837. The fourth-order valence-corrected chi connectivity index (χ4v) is 3.79. The Labute approximate surface area is 156 Å². The number of anilines is 1. The van der Waals surface area contributed by atoms with Crippen LogP contribution in [-0.2, 0) is 0 Å². The van der Waals surface area contributed by atoms with Crippen molar-refractivity contribution < 1.29 is 14.7 Å². The van der Waals surface area contributed by atoms with Crippen molar-refractivity contribution in [2.24, 2.45) is 0 Å². The number of aromatic nitrogens is 4. The molecule has 1 amide bonds. The van der Waals surface area contributed by atoms with Gasteiger partial charge in [0.1, 0.15) is 11.4 Å². The first-order valence-corrected chi connectivity index (χ1v) is 9.28. The second-order valence-electron chi connectivity index (χ2n) is 6.98. The lowest BCUT2D eigenvalue weighted by molar-refractivity contribution is 0.0696. The SMILES string of the molecule is O=C(O)c1cccnc1N1CCC(n2cc(C(=O)N3CCCC3)nn2)CC1. The quantitative estimate of drug-likeness (QED) is 0.868. The molecule has 142 valence electrons. The van der Waals surface area contributed by atoms with Gasteiger partial charge in [-0.2, -0.15) is 0 Å². The van der Waals surface area contributed by atoms with E-state index < -0.39 is 5.97 Å². The molecule has 4 rings (SSSR count). The molecule has 1 N–H and O–H groups in total. The summed E-state index contributed by atoms with van der Waals surface area (Å²) in [5, 5.41) is 17.6. The molecule has 2 aromatic heterocycles. The zero-order chi connectivity index (χ0) is 18.8. The van der Waals surface area contributed by atoms with Gasteiger partial charge in [0.15, 0.2) is 5.69 Å². The molecule has 9 heteroatoms. The molecule has 0 aliphatic carbocycles. The van der Waals surface area contributed by atoms with E-state index in [1.165, 1.54) is 0 Å². The molecule has 2 saturated heterocycles. The van der Waals surface area contributed by atoms with Crippen LogP contribution in [0.1, 0.15) is 52.6 Å². The highest BCUT2D eigenvalue weighted by Gasteiger charge is 2.27. The molecule has 2 aliphatic rings. The number of aromatic carboxylic acids is 1. The number of nitrogens with zero attached hydrogens (tertiary/aromatic N) is 6. The van der Waals surface area contributed by atoms with Crippen molar-refractivity contribution in [3.8, 4) is 0 Å². The lowest BCUT2D eigenvalue weighted by atomic mass is 10.0. The third-order valence-corrected chi connectivity index (χ3v) is 5.28. The van der Waals surface area contributed by atoms with E-state index in [0.717, 1.165) is 38.8 Å². The number of carboxylic acids is 1. The summed E-state index contributed by atoms with van der Waals surface area (Å²) in [7, 11) is 0. The van der Waals surface area contributed by atoms with Crippen molar-refractivity contribution in [2.75, 3.05) is 31.1 Å². The summed E-state index contributed by atoms with van der Waals surface area (Å²) in [6, 6.07) is 3.35. The topological polar surface area (TPSA) is 104 Å². The van der Waals surface area contributed by atoms with Gasteiger partial charge >= 0.3 is 5.97 Å². The molecule has 27 heavy (non-hydrogen) atoms. The normalized spacial score (nSPS) is 18.1. The lowest BCUT2D eigenvalue weighted by Gasteiger charge is -2.33. The Balaban J connectivity index is 1.41. The molecule has 4 heterocycles. The monoisotopic (exact) mass is 370 g/mol. The van der Waals surface area contributed by atoms with E-state index in [9.17, 15) is 14.7 Å². The molecule has 0 saturated carbocycles. The molecule has 0 radical (unpaired) electrons. The molecule has 9 nitrogen and oxygen atoms in total. The molecule has 0 unspecified atom stereocenters. The Morgan fingerprint density at radius 2 is 1.85 bits per heavy atom. The van der Waals surface area contributed by atoms with E-state index >= 15 is 0 Å². The van der Waals surface area contributed by atoms with Crippen LogP contribution < -0.4 is 4.90 Å². The smallest absolute Gasteiger partial charge is 0.339 e. The highest BCUT2D eigenvalue weighted by molar-refractivity contribution is 5.93. The van der Waals surface area contributed by atoms with Crippen molar-refractivity contribution in [1.29, 1.82) is 0 Å². The van der Waals surface area contributed by atoms with Crippen LogP contribution >= 0.6 is 0 Å². The zero-order valence-electron chi connectivity index (χ0n) is 15.0. The van der Waals surface area contributed by atoms with E-state index in [1.807, 2.05) is 9.80 Å². The van der Waals surface area contributed by atoms with Gasteiger partial charge in [0.25, 0.3) is 5.91 Å². The lowest BCUT2D eigenvalue weighted by Crippen LogP contribution is -2.36. The summed E-state index contributed by atoms with van der Waals surface area (Å²) in [5.74, 6) is -0.510. The van der Waals surface area contributed by atoms with Gasteiger partial charge in [-0.25, -0.2) is 14.5 Å². The summed E-state index contributed by atoms with van der Waals surface area (Å²) < 4.78 is 1.77. The van der Waals surface area contributed by atoms with Gasteiger partial charge in [0.05, 0.1) is 12.2 Å². The number of carboxylic acid groups (broad SMARTS) is 1. The number of carbonyl (C=O) groups excluding carboxylic acids is 1. The molecule has 2 aromatic rings. The van der Waals surface area contributed by atoms with Gasteiger partial charge < -0.3 is 14.9 Å². The van der Waals surface area contributed by atoms with Crippen LogP contribution in [0.25, 0.3) is 0 Å². The van der Waals surface area contributed by atoms with E-state index in [2.05, 4.69) is 15.3 Å². The van der Waals surface area contributed by atoms with E-state index in [4.69, 9.17) is 0 Å². The van der Waals surface area contributed by atoms with Crippen LogP contribution in [0.3, 0.4) is 0 Å². The van der Waals surface area contributed by atoms with E-state index in [0.29, 0.717) is 24.6 Å². The molecule has 2 aliphatic heterocycles. The summed E-state index contributed by atoms with van der Waals surface area (Å²) in [4.78, 5) is 31.9. The minimum atomic E-state index is -0.971. The van der Waals surface area contributed by atoms with Crippen LogP contribution in [0, 0.1) is 0 Å². The van der Waals surface area contributed by atoms with E-state index in [1.54, 1.807) is 29.2 Å². The maximum Gasteiger partial charge on any atom is 0.339 e. The number of hydrogen-bond acceptors (Lipinski definition) is 6.